The fraction of sp³-hybridized carbons (Fsp3) is 0.333. The van der Waals surface area contributed by atoms with Crippen LogP contribution >= 0.6 is 0 Å². The van der Waals surface area contributed by atoms with Crippen LogP contribution in [0.15, 0.2) is 4.99 Å². The lowest BCUT2D eigenvalue weighted by Gasteiger charge is -1.86. The SMILES string of the molecule is CN/C([NH])=N/C#N. The topological polar surface area (TPSA) is 72.0 Å². The molecule has 0 aromatic carbocycles. The van der Waals surface area contributed by atoms with Crippen LogP contribution in [0.3, 0.4) is 0 Å². The molecule has 0 heterocycles. The van der Waals surface area contributed by atoms with Gasteiger partial charge in [-0.15, -0.1) is 4.99 Å². The molecule has 0 aliphatic carbocycles. The Morgan fingerprint density at radius 3 is 2.71 bits per heavy atom. The first-order valence-corrected chi connectivity index (χ1v) is 1.67. The van der Waals surface area contributed by atoms with E-state index in [1.165, 1.54) is 13.2 Å². The Kier molecular flexibility index (Phi) is 2.44. The molecular weight excluding hydrogens is 92.1 g/mol. The average molecular weight is 97.1 g/mol. The van der Waals surface area contributed by atoms with E-state index in [9.17, 15) is 0 Å². The van der Waals surface area contributed by atoms with E-state index in [2.05, 4.69) is 10.3 Å². The van der Waals surface area contributed by atoms with Crippen LogP contribution in [0.25, 0.3) is 0 Å². The Labute approximate surface area is 41.6 Å². The first-order valence-electron chi connectivity index (χ1n) is 1.67. The molecule has 2 N–H and O–H groups in total. The van der Waals surface area contributed by atoms with Gasteiger partial charge in [0.25, 0.3) is 0 Å². The third-order valence-corrected chi connectivity index (χ3v) is 0.399. The molecule has 4 heteroatoms. The van der Waals surface area contributed by atoms with Gasteiger partial charge in [0.1, 0.15) is 0 Å². The Hall–Kier alpha value is -1.24. The van der Waals surface area contributed by atoms with Crippen molar-refractivity contribution in [3.63, 3.8) is 0 Å². The lowest BCUT2D eigenvalue weighted by molar-refractivity contribution is 1.13. The second-order valence-corrected chi connectivity index (χ2v) is 0.810. The molecular formula is C3H5N4. The van der Waals surface area contributed by atoms with E-state index >= 15 is 0 Å². The summed E-state index contributed by atoms with van der Waals surface area (Å²) in [6.07, 6.45) is 1.46. The molecule has 0 spiro atoms. The normalized spacial score (nSPS) is 10.0. The fourth-order valence-electron chi connectivity index (χ4n) is 0.106. The molecule has 0 fully saturated rings. The summed E-state index contributed by atoms with van der Waals surface area (Å²) in [4.78, 5) is 3.02. The number of nitrogens with one attached hydrogen (secondary N) is 2. The first-order chi connectivity index (χ1) is 3.31. The lowest BCUT2D eigenvalue weighted by atomic mass is 11.0. The van der Waals surface area contributed by atoms with Gasteiger partial charge >= 0.3 is 0 Å². The van der Waals surface area contributed by atoms with Gasteiger partial charge in [0, 0.05) is 7.05 Å². The third-order valence-electron chi connectivity index (χ3n) is 0.399. The van der Waals surface area contributed by atoms with Crippen LogP contribution in [0.1, 0.15) is 0 Å². The van der Waals surface area contributed by atoms with Crippen LogP contribution in [0, 0.1) is 11.5 Å². The van der Waals surface area contributed by atoms with Gasteiger partial charge in [-0.3, -0.25) is 5.73 Å². The number of rotatable bonds is 0. The molecule has 7 heavy (non-hydrogen) atoms. The summed E-state index contributed by atoms with van der Waals surface area (Å²) in [6, 6.07) is 0. The molecule has 0 aromatic rings. The van der Waals surface area contributed by atoms with Crippen LogP contribution < -0.4 is 11.1 Å². The monoisotopic (exact) mass is 97.1 g/mol. The van der Waals surface area contributed by atoms with Crippen molar-refractivity contribution in [1.29, 1.82) is 5.26 Å². The average Bonchev–Trinajstić information content (AvgIpc) is 1.68. The minimum Gasteiger partial charge on any atom is -0.357 e. The maximum absolute atomic E-state index is 7.77. The van der Waals surface area contributed by atoms with E-state index in [0.29, 0.717) is 0 Å². The van der Waals surface area contributed by atoms with Crippen LogP contribution in [-0.2, 0) is 0 Å². The summed E-state index contributed by atoms with van der Waals surface area (Å²) in [5.74, 6) is -0.109. The van der Waals surface area contributed by atoms with Gasteiger partial charge in [-0.05, 0) is 0 Å². The summed E-state index contributed by atoms with van der Waals surface area (Å²) in [5.41, 5.74) is 6.64. The maximum Gasteiger partial charge on any atom is 0.225 e. The van der Waals surface area contributed by atoms with Gasteiger partial charge in [0.05, 0.1) is 0 Å². The molecule has 4 nitrogen and oxygen atoms in total. The van der Waals surface area contributed by atoms with Gasteiger partial charge < -0.3 is 5.32 Å². The van der Waals surface area contributed by atoms with Gasteiger partial charge in [0.15, 0.2) is 0 Å². The number of hydrogen-bond acceptors (Lipinski definition) is 2. The summed E-state index contributed by atoms with van der Waals surface area (Å²) < 4.78 is 0. The summed E-state index contributed by atoms with van der Waals surface area (Å²) in [7, 11) is 1.53. The Bertz CT molecular complexity index is 109. The number of aliphatic imine (C=N–C) groups is 1. The largest absolute Gasteiger partial charge is 0.357 e. The smallest absolute Gasteiger partial charge is 0.225 e. The van der Waals surface area contributed by atoms with Crippen molar-refractivity contribution in [1.82, 2.24) is 11.1 Å². The number of nitrogens with zero attached hydrogens (tertiary/aromatic N) is 2. The van der Waals surface area contributed by atoms with E-state index in [0.717, 1.165) is 0 Å². The zero-order valence-corrected chi connectivity index (χ0v) is 3.89. The van der Waals surface area contributed by atoms with Crippen LogP contribution in [0.2, 0.25) is 0 Å². The van der Waals surface area contributed by atoms with E-state index in [-0.39, 0.29) is 5.96 Å². The fourth-order valence-corrected chi connectivity index (χ4v) is 0.106. The highest BCUT2D eigenvalue weighted by atomic mass is 15.1. The Morgan fingerprint density at radius 1 is 2.00 bits per heavy atom. The molecule has 0 saturated carbocycles. The van der Waals surface area contributed by atoms with Crippen molar-refractivity contribution in [3.8, 4) is 6.19 Å². The van der Waals surface area contributed by atoms with Gasteiger partial charge in [-0.25, -0.2) is 0 Å². The van der Waals surface area contributed by atoms with Crippen molar-refractivity contribution in [2.24, 2.45) is 4.99 Å². The summed E-state index contributed by atoms with van der Waals surface area (Å²) in [6.45, 7) is 0. The Morgan fingerprint density at radius 2 is 2.57 bits per heavy atom. The summed E-state index contributed by atoms with van der Waals surface area (Å²) >= 11 is 0. The Balaban J connectivity index is 3.56. The molecule has 0 aliphatic heterocycles. The molecule has 0 bridgehead atoms. The van der Waals surface area contributed by atoms with Crippen molar-refractivity contribution in [2.45, 2.75) is 0 Å². The van der Waals surface area contributed by atoms with E-state index < -0.39 is 0 Å². The molecule has 0 unspecified atom stereocenters. The maximum atomic E-state index is 7.77. The molecule has 0 amide bonds. The predicted octanol–water partition coefficient (Wildman–Crippen LogP) is -0.674. The van der Waals surface area contributed by atoms with Gasteiger partial charge in [0.2, 0.25) is 12.2 Å². The molecule has 1 radical (unpaired) electrons. The van der Waals surface area contributed by atoms with E-state index in [4.69, 9.17) is 11.0 Å². The van der Waals surface area contributed by atoms with Crippen LogP contribution in [-0.4, -0.2) is 13.0 Å². The highest BCUT2D eigenvalue weighted by Gasteiger charge is 1.78. The summed E-state index contributed by atoms with van der Waals surface area (Å²) in [5, 5.41) is 10.1. The third kappa shape index (κ3) is 2.56. The number of nitriles is 1. The van der Waals surface area contributed by atoms with Gasteiger partial charge in [-0.1, -0.05) is 0 Å². The van der Waals surface area contributed by atoms with Gasteiger partial charge in [-0.2, -0.15) is 5.26 Å². The molecule has 0 rings (SSSR count). The number of hydrogen-bond donors (Lipinski definition) is 1. The van der Waals surface area contributed by atoms with Crippen molar-refractivity contribution in [2.75, 3.05) is 7.05 Å². The van der Waals surface area contributed by atoms with Crippen molar-refractivity contribution < 1.29 is 0 Å². The minimum absolute atomic E-state index is 0.109. The molecule has 0 atom stereocenters. The quantitative estimate of drug-likeness (QED) is 0.247. The standard InChI is InChI=1S/C3H5N4/c1-6-3(5)7-2-4/h5H,1H3,(H,6,7). The van der Waals surface area contributed by atoms with E-state index in [1.807, 2.05) is 0 Å². The molecule has 0 aliphatic rings. The molecule has 37 valence electrons. The number of guanidine groups is 1. The molecule has 0 aromatic heterocycles. The zero-order valence-electron chi connectivity index (χ0n) is 3.89. The second-order valence-electron chi connectivity index (χ2n) is 0.810. The predicted molar refractivity (Wildman–Crippen MR) is 25.2 cm³/mol. The van der Waals surface area contributed by atoms with E-state index in [1.54, 1.807) is 0 Å². The second kappa shape index (κ2) is 2.97. The van der Waals surface area contributed by atoms with Crippen LogP contribution in [0.4, 0.5) is 0 Å². The van der Waals surface area contributed by atoms with Crippen LogP contribution in [0.5, 0.6) is 0 Å². The lowest BCUT2D eigenvalue weighted by Crippen LogP contribution is -2.18. The van der Waals surface area contributed by atoms with Crippen molar-refractivity contribution in [3.05, 3.63) is 0 Å². The highest BCUT2D eigenvalue weighted by molar-refractivity contribution is 5.77. The highest BCUT2D eigenvalue weighted by Crippen LogP contribution is 1.57. The zero-order chi connectivity index (χ0) is 5.70. The van der Waals surface area contributed by atoms with Crippen molar-refractivity contribution >= 4 is 5.96 Å². The first kappa shape index (κ1) is 5.76. The minimum atomic E-state index is -0.109. The molecule has 0 saturated heterocycles.